The fourth-order valence-electron chi connectivity index (χ4n) is 2.28. The van der Waals surface area contributed by atoms with Gasteiger partial charge in [0.15, 0.2) is 9.84 Å². The molecule has 0 bridgehead atoms. The SMILES string of the molecule is COC(=O)c1cc(OC(=O)C[C@H]2C=CS(=O)(=O)C2)cc(C(=O)OC)c1. The summed E-state index contributed by atoms with van der Waals surface area (Å²) in [4.78, 5) is 35.3. The first kappa shape index (κ1) is 18.7. The summed E-state index contributed by atoms with van der Waals surface area (Å²) >= 11 is 0. The third kappa shape index (κ3) is 4.90. The summed E-state index contributed by atoms with van der Waals surface area (Å²) in [5.41, 5.74) is 0.0214. The number of methoxy groups -OCH3 is 2. The molecule has 2 rings (SSSR count). The van der Waals surface area contributed by atoms with Crippen LogP contribution in [0.4, 0.5) is 0 Å². The van der Waals surface area contributed by atoms with E-state index in [0.29, 0.717) is 0 Å². The second-order valence-electron chi connectivity index (χ2n) is 5.33. The highest BCUT2D eigenvalue weighted by Gasteiger charge is 2.25. The van der Waals surface area contributed by atoms with Crippen LogP contribution in [0, 0.1) is 5.92 Å². The minimum absolute atomic E-state index is 0.0107. The summed E-state index contributed by atoms with van der Waals surface area (Å²) in [5.74, 6) is -2.79. The standard InChI is InChI=1S/C16H16O8S/c1-22-15(18)11-6-12(16(19)23-2)8-13(7-11)24-14(17)5-10-3-4-25(20,21)9-10/h3-4,6-8,10H,5,9H2,1-2H3/t10-/m1/s1. The first-order valence-corrected chi connectivity index (χ1v) is 8.89. The van der Waals surface area contributed by atoms with Gasteiger partial charge in [0.05, 0.1) is 37.5 Å². The van der Waals surface area contributed by atoms with Gasteiger partial charge in [0.25, 0.3) is 0 Å². The first-order valence-electron chi connectivity index (χ1n) is 7.17. The van der Waals surface area contributed by atoms with Gasteiger partial charge in [0, 0.05) is 11.3 Å². The smallest absolute Gasteiger partial charge is 0.338 e. The highest BCUT2D eigenvalue weighted by molar-refractivity contribution is 7.94. The molecular formula is C16H16O8S. The molecular weight excluding hydrogens is 352 g/mol. The first-order chi connectivity index (χ1) is 11.7. The third-order valence-electron chi connectivity index (χ3n) is 3.41. The van der Waals surface area contributed by atoms with Crippen LogP contribution in [0.2, 0.25) is 0 Å². The van der Waals surface area contributed by atoms with E-state index < -0.39 is 33.7 Å². The molecule has 1 atom stereocenters. The molecule has 0 saturated heterocycles. The van der Waals surface area contributed by atoms with Gasteiger partial charge in [-0.25, -0.2) is 18.0 Å². The minimum Gasteiger partial charge on any atom is -0.465 e. The molecule has 1 heterocycles. The highest BCUT2D eigenvalue weighted by Crippen LogP contribution is 2.22. The predicted molar refractivity (Wildman–Crippen MR) is 85.8 cm³/mol. The molecule has 134 valence electrons. The number of benzene rings is 1. The topological polar surface area (TPSA) is 113 Å². The fraction of sp³-hybridized carbons (Fsp3) is 0.312. The van der Waals surface area contributed by atoms with E-state index in [4.69, 9.17) is 4.74 Å². The number of hydrogen-bond donors (Lipinski definition) is 0. The van der Waals surface area contributed by atoms with Crippen molar-refractivity contribution >= 4 is 27.7 Å². The number of carbonyl (C=O) groups is 3. The van der Waals surface area contributed by atoms with Gasteiger partial charge in [-0.05, 0) is 18.2 Å². The summed E-state index contributed by atoms with van der Waals surface area (Å²) in [6, 6.07) is 3.75. The Morgan fingerprint density at radius 3 is 2.04 bits per heavy atom. The lowest BCUT2D eigenvalue weighted by atomic mass is 10.1. The zero-order chi connectivity index (χ0) is 18.6. The summed E-state index contributed by atoms with van der Waals surface area (Å²) in [7, 11) is -0.923. The molecule has 9 heteroatoms. The van der Waals surface area contributed by atoms with E-state index in [2.05, 4.69) is 9.47 Å². The Hall–Kier alpha value is -2.68. The predicted octanol–water partition coefficient (Wildman–Crippen LogP) is 1.11. The van der Waals surface area contributed by atoms with Gasteiger partial charge >= 0.3 is 17.9 Å². The van der Waals surface area contributed by atoms with E-state index in [1.54, 1.807) is 0 Å². The van der Waals surface area contributed by atoms with E-state index >= 15 is 0 Å². The van der Waals surface area contributed by atoms with Gasteiger partial charge in [-0.3, -0.25) is 4.79 Å². The zero-order valence-corrected chi connectivity index (χ0v) is 14.4. The Bertz CT molecular complexity index is 803. The molecule has 1 aliphatic heterocycles. The van der Waals surface area contributed by atoms with Crippen LogP contribution in [-0.2, 0) is 24.1 Å². The molecule has 0 aliphatic carbocycles. The highest BCUT2D eigenvalue weighted by atomic mass is 32.2. The summed E-state index contributed by atoms with van der Waals surface area (Å²) < 4.78 is 37.0. The van der Waals surface area contributed by atoms with Crippen LogP contribution in [0.25, 0.3) is 0 Å². The normalized spacial score (nSPS) is 17.8. The molecule has 0 spiro atoms. The summed E-state index contributed by atoms with van der Waals surface area (Å²) in [6.07, 6.45) is 1.28. The molecule has 0 aromatic heterocycles. The quantitative estimate of drug-likeness (QED) is 0.561. The molecule has 0 radical (unpaired) electrons. The van der Waals surface area contributed by atoms with Gasteiger partial charge in [0.1, 0.15) is 5.75 Å². The monoisotopic (exact) mass is 368 g/mol. The number of hydrogen-bond acceptors (Lipinski definition) is 8. The molecule has 1 aromatic carbocycles. The van der Waals surface area contributed by atoms with Crippen LogP contribution >= 0.6 is 0 Å². The average Bonchev–Trinajstić information content (AvgIpc) is 2.91. The lowest BCUT2D eigenvalue weighted by Gasteiger charge is -2.10. The third-order valence-corrected chi connectivity index (χ3v) is 4.88. The van der Waals surface area contributed by atoms with Crippen LogP contribution in [0.5, 0.6) is 5.75 Å². The van der Waals surface area contributed by atoms with Crippen LogP contribution in [-0.4, -0.2) is 46.3 Å². The lowest BCUT2D eigenvalue weighted by Crippen LogP contribution is -2.16. The van der Waals surface area contributed by atoms with Crippen molar-refractivity contribution in [2.75, 3.05) is 20.0 Å². The number of ether oxygens (including phenoxy) is 3. The molecule has 8 nitrogen and oxygen atoms in total. The number of sulfone groups is 1. The summed E-state index contributed by atoms with van der Waals surface area (Å²) in [6.45, 7) is 0. The van der Waals surface area contributed by atoms with Gasteiger partial charge in [-0.1, -0.05) is 6.08 Å². The Balaban J connectivity index is 2.17. The van der Waals surface area contributed by atoms with Crippen molar-refractivity contribution in [1.29, 1.82) is 0 Å². The van der Waals surface area contributed by atoms with Crippen molar-refractivity contribution in [3.8, 4) is 5.75 Å². The molecule has 0 amide bonds. The Morgan fingerprint density at radius 2 is 1.60 bits per heavy atom. The Labute approximate surface area is 144 Å². The number of esters is 3. The maximum absolute atomic E-state index is 12.0. The second-order valence-corrected chi connectivity index (χ2v) is 7.26. The van der Waals surface area contributed by atoms with E-state index in [1.165, 1.54) is 38.5 Å². The molecule has 0 fully saturated rings. The van der Waals surface area contributed by atoms with Gasteiger partial charge in [-0.2, -0.15) is 0 Å². The lowest BCUT2D eigenvalue weighted by molar-refractivity contribution is -0.134. The van der Waals surface area contributed by atoms with Crippen molar-refractivity contribution in [3.63, 3.8) is 0 Å². The Kier molecular flexibility index (Phi) is 5.58. The molecule has 25 heavy (non-hydrogen) atoms. The molecule has 1 aromatic rings. The number of carbonyl (C=O) groups excluding carboxylic acids is 3. The van der Waals surface area contributed by atoms with Crippen molar-refractivity contribution in [2.24, 2.45) is 5.92 Å². The molecule has 0 N–H and O–H groups in total. The van der Waals surface area contributed by atoms with Crippen molar-refractivity contribution in [1.82, 2.24) is 0 Å². The van der Waals surface area contributed by atoms with Gasteiger partial charge < -0.3 is 14.2 Å². The van der Waals surface area contributed by atoms with Gasteiger partial charge in [0.2, 0.25) is 0 Å². The van der Waals surface area contributed by atoms with Crippen LogP contribution in [0.3, 0.4) is 0 Å². The Morgan fingerprint density at radius 1 is 1.04 bits per heavy atom. The molecule has 0 unspecified atom stereocenters. The van der Waals surface area contributed by atoms with Crippen molar-refractivity contribution < 1.29 is 37.0 Å². The number of rotatable bonds is 5. The summed E-state index contributed by atoms with van der Waals surface area (Å²) in [5, 5.41) is 1.07. The van der Waals surface area contributed by atoms with E-state index in [9.17, 15) is 22.8 Å². The van der Waals surface area contributed by atoms with Crippen LogP contribution in [0.15, 0.2) is 29.7 Å². The van der Waals surface area contributed by atoms with E-state index in [0.717, 1.165) is 5.41 Å². The largest absolute Gasteiger partial charge is 0.465 e. The van der Waals surface area contributed by atoms with Gasteiger partial charge in [-0.15, -0.1) is 0 Å². The molecule has 1 aliphatic rings. The van der Waals surface area contributed by atoms with Crippen LogP contribution < -0.4 is 4.74 Å². The van der Waals surface area contributed by atoms with E-state index in [1.807, 2.05) is 0 Å². The second kappa shape index (κ2) is 7.47. The van der Waals surface area contributed by atoms with Crippen LogP contribution in [0.1, 0.15) is 27.1 Å². The molecule has 0 saturated carbocycles. The van der Waals surface area contributed by atoms with Crippen molar-refractivity contribution in [2.45, 2.75) is 6.42 Å². The van der Waals surface area contributed by atoms with E-state index in [-0.39, 0.29) is 29.1 Å². The maximum atomic E-state index is 12.0. The van der Waals surface area contributed by atoms with Crippen molar-refractivity contribution in [3.05, 3.63) is 40.8 Å². The minimum atomic E-state index is -3.27. The zero-order valence-electron chi connectivity index (χ0n) is 13.6. The average molecular weight is 368 g/mol. The fourth-order valence-corrected chi connectivity index (χ4v) is 3.68. The maximum Gasteiger partial charge on any atom is 0.338 e. The number of allylic oxidation sites excluding steroid dienone is 1.